The van der Waals surface area contributed by atoms with Gasteiger partial charge < -0.3 is 0 Å². The summed E-state index contributed by atoms with van der Waals surface area (Å²) in [6.07, 6.45) is 4.75. The molecule has 0 aromatic heterocycles. The lowest BCUT2D eigenvalue weighted by Crippen LogP contribution is -1.94. The van der Waals surface area contributed by atoms with Crippen molar-refractivity contribution in [3.05, 3.63) is 41.5 Å². The van der Waals surface area contributed by atoms with E-state index in [1.54, 1.807) is 6.92 Å². The van der Waals surface area contributed by atoms with Gasteiger partial charge in [0.05, 0.1) is 0 Å². The molecule has 0 radical (unpaired) electrons. The SMILES string of the molecule is CC(=O)c1ccccc1C=CCCCl. The van der Waals surface area contributed by atoms with Crippen LogP contribution in [0.15, 0.2) is 30.3 Å². The Kier molecular flexibility index (Phi) is 4.41. The third kappa shape index (κ3) is 3.00. The molecule has 0 bridgehead atoms. The molecular weight excluding hydrogens is 196 g/mol. The lowest BCUT2D eigenvalue weighted by Gasteiger charge is -2.00. The van der Waals surface area contributed by atoms with Crippen molar-refractivity contribution in [3.8, 4) is 0 Å². The quantitative estimate of drug-likeness (QED) is 0.547. The van der Waals surface area contributed by atoms with E-state index in [-0.39, 0.29) is 5.78 Å². The van der Waals surface area contributed by atoms with E-state index in [2.05, 4.69) is 0 Å². The maximum Gasteiger partial charge on any atom is 0.160 e. The van der Waals surface area contributed by atoms with E-state index in [0.29, 0.717) is 5.88 Å². The minimum Gasteiger partial charge on any atom is -0.294 e. The first-order valence-electron chi connectivity index (χ1n) is 4.58. The van der Waals surface area contributed by atoms with Crippen molar-refractivity contribution >= 4 is 23.5 Å². The summed E-state index contributed by atoms with van der Waals surface area (Å²) in [4.78, 5) is 11.2. The van der Waals surface area contributed by atoms with E-state index in [1.807, 2.05) is 36.4 Å². The molecule has 0 heterocycles. The van der Waals surface area contributed by atoms with Crippen LogP contribution in [0.2, 0.25) is 0 Å². The van der Waals surface area contributed by atoms with E-state index in [4.69, 9.17) is 11.6 Å². The highest BCUT2D eigenvalue weighted by atomic mass is 35.5. The number of carbonyl (C=O) groups is 1. The summed E-state index contributed by atoms with van der Waals surface area (Å²) in [5.74, 6) is 0.703. The lowest BCUT2D eigenvalue weighted by atomic mass is 10.0. The summed E-state index contributed by atoms with van der Waals surface area (Å²) in [6, 6.07) is 7.56. The molecule has 1 aromatic carbocycles. The predicted molar refractivity (Wildman–Crippen MR) is 60.8 cm³/mol. The van der Waals surface area contributed by atoms with Gasteiger partial charge in [-0.2, -0.15) is 0 Å². The van der Waals surface area contributed by atoms with Crippen LogP contribution in [0.25, 0.3) is 6.08 Å². The second-order valence-corrected chi connectivity index (χ2v) is 3.40. The number of hydrogen-bond acceptors (Lipinski definition) is 1. The average molecular weight is 209 g/mol. The molecule has 0 fully saturated rings. The summed E-state index contributed by atoms with van der Waals surface area (Å²) in [5.41, 5.74) is 1.73. The number of ketones is 1. The Morgan fingerprint density at radius 1 is 1.43 bits per heavy atom. The first-order valence-corrected chi connectivity index (χ1v) is 5.11. The van der Waals surface area contributed by atoms with Gasteiger partial charge in [0.25, 0.3) is 0 Å². The fourth-order valence-corrected chi connectivity index (χ4v) is 1.36. The molecule has 0 N–H and O–H groups in total. The first-order chi connectivity index (χ1) is 6.75. The Morgan fingerprint density at radius 2 is 2.14 bits per heavy atom. The highest BCUT2D eigenvalue weighted by Gasteiger charge is 2.02. The molecule has 0 aliphatic rings. The van der Waals surface area contributed by atoms with Gasteiger partial charge in [-0.15, -0.1) is 11.6 Å². The highest BCUT2D eigenvalue weighted by Crippen LogP contribution is 2.11. The Labute approximate surface area is 89.4 Å². The zero-order valence-corrected chi connectivity index (χ0v) is 8.92. The maximum atomic E-state index is 11.2. The summed E-state index contributed by atoms with van der Waals surface area (Å²) < 4.78 is 0. The molecule has 14 heavy (non-hydrogen) atoms. The monoisotopic (exact) mass is 208 g/mol. The summed E-state index contributed by atoms with van der Waals surface area (Å²) in [7, 11) is 0. The molecule has 0 spiro atoms. The zero-order valence-electron chi connectivity index (χ0n) is 8.16. The van der Waals surface area contributed by atoms with Crippen molar-refractivity contribution in [3.63, 3.8) is 0 Å². The largest absolute Gasteiger partial charge is 0.294 e. The Balaban J connectivity index is 2.90. The van der Waals surface area contributed by atoms with Crippen LogP contribution in [0.4, 0.5) is 0 Å². The van der Waals surface area contributed by atoms with E-state index in [9.17, 15) is 4.79 Å². The molecular formula is C12H13ClO. The van der Waals surface area contributed by atoms with Crippen LogP contribution in [0.1, 0.15) is 29.3 Å². The average Bonchev–Trinajstić information content (AvgIpc) is 2.19. The van der Waals surface area contributed by atoms with Crippen molar-refractivity contribution in [2.45, 2.75) is 13.3 Å². The summed E-state index contributed by atoms with van der Waals surface area (Å²) >= 11 is 5.55. The molecule has 74 valence electrons. The first kappa shape index (κ1) is 11.0. The molecule has 0 atom stereocenters. The van der Waals surface area contributed by atoms with Crippen LogP contribution in [0, 0.1) is 0 Å². The number of hydrogen-bond donors (Lipinski definition) is 0. The molecule has 0 saturated carbocycles. The van der Waals surface area contributed by atoms with Gasteiger partial charge in [0.2, 0.25) is 0 Å². The second-order valence-electron chi connectivity index (χ2n) is 3.02. The van der Waals surface area contributed by atoms with E-state index < -0.39 is 0 Å². The zero-order chi connectivity index (χ0) is 10.4. The highest BCUT2D eigenvalue weighted by molar-refractivity contribution is 6.17. The molecule has 1 rings (SSSR count). The minimum atomic E-state index is 0.0936. The molecule has 0 saturated heterocycles. The van der Waals surface area contributed by atoms with Crippen LogP contribution in [0.5, 0.6) is 0 Å². The van der Waals surface area contributed by atoms with Crippen molar-refractivity contribution in [1.82, 2.24) is 0 Å². The van der Waals surface area contributed by atoms with Crippen molar-refractivity contribution < 1.29 is 4.79 Å². The Bertz CT molecular complexity index is 342. The van der Waals surface area contributed by atoms with Crippen molar-refractivity contribution in [2.75, 3.05) is 5.88 Å². The van der Waals surface area contributed by atoms with Crippen LogP contribution >= 0.6 is 11.6 Å². The topological polar surface area (TPSA) is 17.1 Å². The van der Waals surface area contributed by atoms with E-state index in [0.717, 1.165) is 17.5 Å². The van der Waals surface area contributed by atoms with Crippen LogP contribution in [-0.4, -0.2) is 11.7 Å². The predicted octanol–water partition coefficient (Wildman–Crippen LogP) is 3.53. The van der Waals surface area contributed by atoms with Gasteiger partial charge in [-0.3, -0.25) is 4.79 Å². The van der Waals surface area contributed by atoms with Gasteiger partial charge in [0.15, 0.2) is 5.78 Å². The van der Waals surface area contributed by atoms with Gasteiger partial charge in [-0.25, -0.2) is 0 Å². The third-order valence-electron chi connectivity index (χ3n) is 1.91. The number of alkyl halides is 1. The molecule has 0 amide bonds. The maximum absolute atomic E-state index is 11.2. The van der Waals surface area contributed by atoms with Crippen molar-refractivity contribution in [1.29, 1.82) is 0 Å². The number of rotatable bonds is 4. The van der Waals surface area contributed by atoms with Gasteiger partial charge in [-0.05, 0) is 18.9 Å². The Morgan fingerprint density at radius 3 is 2.79 bits per heavy atom. The van der Waals surface area contributed by atoms with Crippen LogP contribution in [-0.2, 0) is 0 Å². The molecule has 0 aliphatic heterocycles. The van der Waals surface area contributed by atoms with Gasteiger partial charge in [0, 0.05) is 11.4 Å². The smallest absolute Gasteiger partial charge is 0.160 e. The Hall–Kier alpha value is -1.08. The molecule has 0 unspecified atom stereocenters. The van der Waals surface area contributed by atoms with Crippen LogP contribution in [0.3, 0.4) is 0 Å². The number of Topliss-reactive ketones (excluding diaryl/α,β-unsaturated/α-hetero) is 1. The number of allylic oxidation sites excluding steroid dienone is 1. The molecule has 2 heteroatoms. The normalized spacial score (nSPS) is 10.7. The van der Waals surface area contributed by atoms with E-state index in [1.165, 1.54) is 0 Å². The molecule has 0 aliphatic carbocycles. The number of carbonyl (C=O) groups excluding carboxylic acids is 1. The number of benzene rings is 1. The fraction of sp³-hybridized carbons (Fsp3) is 0.250. The molecule has 1 nitrogen and oxygen atoms in total. The van der Waals surface area contributed by atoms with Gasteiger partial charge in [0.1, 0.15) is 0 Å². The second kappa shape index (κ2) is 5.61. The van der Waals surface area contributed by atoms with E-state index >= 15 is 0 Å². The van der Waals surface area contributed by atoms with Crippen LogP contribution < -0.4 is 0 Å². The minimum absolute atomic E-state index is 0.0936. The summed E-state index contributed by atoms with van der Waals surface area (Å²) in [5, 5.41) is 0. The third-order valence-corrected chi connectivity index (χ3v) is 2.13. The standard InChI is InChI=1S/C12H13ClO/c1-10(14)12-8-3-2-6-11(12)7-4-5-9-13/h2-4,6-8H,5,9H2,1H3. The van der Waals surface area contributed by atoms with Gasteiger partial charge >= 0.3 is 0 Å². The number of halogens is 1. The summed E-state index contributed by atoms with van der Waals surface area (Å²) in [6.45, 7) is 1.58. The lowest BCUT2D eigenvalue weighted by molar-refractivity contribution is 0.101. The fourth-order valence-electron chi connectivity index (χ4n) is 1.24. The van der Waals surface area contributed by atoms with Crippen molar-refractivity contribution in [2.24, 2.45) is 0 Å². The van der Waals surface area contributed by atoms with Gasteiger partial charge in [-0.1, -0.05) is 36.4 Å². The molecule has 1 aromatic rings.